The van der Waals surface area contributed by atoms with Crippen molar-refractivity contribution in [1.82, 2.24) is 0 Å². The topological polar surface area (TPSA) is 6.48 Å². The SMILES string of the molecule is Cc1cc(C(C)(C)C)ccc1N1c2ccc(-c3ccccc3)cc2B2c3cc4c(cc3N(c3cc5c(cc3C)C(C)(C)CC5(C)C)c3cc(C(C)(C)C)cc1c32)C(C)(C)CCC4(C)C. The summed E-state index contributed by atoms with van der Waals surface area (Å²) in [4.78, 5) is 5.39. The largest absolute Gasteiger partial charge is 0.311 e. The summed E-state index contributed by atoms with van der Waals surface area (Å²) in [5.74, 6) is 0. The van der Waals surface area contributed by atoms with Crippen molar-refractivity contribution in [3.63, 3.8) is 0 Å². The van der Waals surface area contributed by atoms with Gasteiger partial charge in [-0.3, -0.25) is 0 Å². The van der Waals surface area contributed by atoms with E-state index in [1.807, 2.05) is 0 Å². The number of benzene rings is 6. The van der Waals surface area contributed by atoms with Gasteiger partial charge in [0.15, 0.2) is 0 Å². The molecule has 0 bridgehead atoms. The van der Waals surface area contributed by atoms with Gasteiger partial charge in [-0.25, -0.2) is 0 Å². The Morgan fingerprint density at radius 2 is 0.922 bits per heavy atom. The zero-order valence-electron chi connectivity index (χ0n) is 41.9. The van der Waals surface area contributed by atoms with Gasteiger partial charge in [0.2, 0.25) is 0 Å². The van der Waals surface area contributed by atoms with E-state index in [1.54, 1.807) is 0 Å². The highest BCUT2D eigenvalue weighted by atomic mass is 15.2. The zero-order chi connectivity index (χ0) is 45.8. The first-order valence-corrected chi connectivity index (χ1v) is 24.2. The highest BCUT2D eigenvalue weighted by molar-refractivity contribution is 7.00. The normalized spacial score (nSPS) is 18.5. The number of hydrogen-bond acceptors (Lipinski definition) is 2. The summed E-state index contributed by atoms with van der Waals surface area (Å²) in [5, 5.41) is 0. The number of hydrogen-bond donors (Lipinski definition) is 0. The third-order valence-electron chi connectivity index (χ3n) is 16.2. The van der Waals surface area contributed by atoms with E-state index < -0.39 is 0 Å². The van der Waals surface area contributed by atoms with Crippen LogP contribution in [0.4, 0.5) is 34.1 Å². The fraction of sp³-hybridized carbons (Fsp3) is 0.410. The summed E-state index contributed by atoms with van der Waals surface area (Å²) in [6.45, 7) is 38.7. The Morgan fingerprint density at radius 1 is 0.422 bits per heavy atom. The molecule has 6 aromatic rings. The first-order chi connectivity index (χ1) is 29.8. The Hall–Kier alpha value is -5.02. The van der Waals surface area contributed by atoms with E-state index >= 15 is 0 Å². The maximum absolute atomic E-state index is 2.74. The summed E-state index contributed by atoms with van der Waals surface area (Å²) < 4.78 is 0. The standard InChI is InChI=1S/C61H71BN2/c1-37-28-41(56(3,4)5)23-25-49(37)63-50-24-22-40(39-20-18-17-19-21-39)30-47(50)62-48-33-44-45(59(11,12)27-26-58(44,9)10)35-52(48)64(54-32-42(57(6,7)8)31-53(63)55(54)62)51-34-46-43(29-38(51)2)60(13,14)36-61(46,15)16/h17-25,28-35H,26-27,36H2,1-16H3. The molecule has 0 amide bonds. The maximum atomic E-state index is 2.74. The summed E-state index contributed by atoms with van der Waals surface area (Å²) in [5.41, 5.74) is 26.1. The van der Waals surface area contributed by atoms with Gasteiger partial charge in [-0.05, 0) is 174 Å². The highest BCUT2D eigenvalue weighted by Crippen LogP contribution is 2.55. The number of fused-ring (bicyclic) bond motifs is 6. The monoisotopic (exact) mass is 843 g/mol. The Labute approximate surface area is 386 Å². The predicted octanol–water partition coefficient (Wildman–Crippen LogP) is 15.0. The van der Waals surface area contributed by atoms with Crippen LogP contribution < -0.4 is 26.2 Å². The van der Waals surface area contributed by atoms with Crippen LogP contribution in [-0.4, -0.2) is 6.71 Å². The van der Waals surface area contributed by atoms with Crippen LogP contribution in [0.25, 0.3) is 11.1 Å². The number of nitrogens with zero attached hydrogens (tertiary/aromatic N) is 2. The van der Waals surface area contributed by atoms with Crippen LogP contribution in [0.15, 0.2) is 103 Å². The van der Waals surface area contributed by atoms with Gasteiger partial charge >= 0.3 is 0 Å². The van der Waals surface area contributed by atoms with Crippen molar-refractivity contribution in [1.29, 1.82) is 0 Å². The molecule has 0 fully saturated rings. The van der Waals surface area contributed by atoms with Crippen LogP contribution in [0.5, 0.6) is 0 Å². The smallest absolute Gasteiger partial charge is 0.252 e. The second-order valence-corrected chi connectivity index (χ2v) is 25.0. The van der Waals surface area contributed by atoms with Gasteiger partial charge in [0.25, 0.3) is 6.71 Å². The van der Waals surface area contributed by atoms with Crippen molar-refractivity contribution >= 4 is 57.2 Å². The molecule has 0 N–H and O–H groups in total. The molecule has 2 heterocycles. The second kappa shape index (κ2) is 13.8. The highest BCUT2D eigenvalue weighted by Gasteiger charge is 2.48. The van der Waals surface area contributed by atoms with E-state index in [1.165, 1.54) is 119 Å². The molecular formula is C61H71BN2. The van der Waals surface area contributed by atoms with E-state index in [2.05, 4.69) is 224 Å². The third-order valence-corrected chi connectivity index (χ3v) is 16.2. The van der Waals surface area contributed by atoms with Crippen molar-refractivity contribution in [3.8, 4) is 11.1 Å². The fourth-order valence-corrected chi connectivity index (χ4v) is 12.5. The molecule has 4 aliphatic rings. The van der Waals surface area contributed by atoms with Crippen LogP contribution in [0, 0.1) is 13.8 Å². The van der Waals surface area contributed by atoms with Crippen molar-refractivity contribution in [2.75, 3.05) is 9.80 Å². The maximum Gasteiger partial charge on any atom is 0.252 e. The quantitative estimate of drug-likeness (QED) is 0.164. The molecule has 0 saturated carbocycles. The lowest BCUT2D eigenvalue weighted by molar-refractivity contribution is 0.332. The average Bonchev–Trinajstić information content (AvgIpc) is 3.39. The Morgan fingerprint density at radius 3 is 1.52 bits per heavy atom. The summed E-state index contributed by atoms with van der Waals surface area (Å²) in [6, 6.07) is 41.3. The molecule has 0 aromatic heterocycles. The summed E-state index contributed by atoms with van der Waals surface area (Å²) in [6.07, 6.45) is 3.50. The minimum atomic E-state index is -0.0952. The molecule has 2 aliphatic heterocycles. The number of rotatable bonds is 3. The second-order valence-electron chi connectivity index (χ2n) is 25.0. The van der Waals surface area contributed by atoms with Crippen molar-refractivity contribution < 1.29 is 0 Å². The van der Waals surface area contributed by atoms with Crippen LogP contribution in [-0.2, 0) is 32.5 Å². The van der Waals surface area contributed by atoms with Gasteiger partial charge in [-0.1, -0.05) is 164 Å². The molecule has 2 aliphatic carbocycles. The zero-order valence-corrected chi connectivity index (χ0v) is 41.9. The molecule has 0 unspecified atom stereocenters. The van der Waals surface area contributed by atoms with Gasteiger partial charge < -0.3 is 9.80 Å². The first kappa shape index (κ1) is 42.9. The molecule has 10 rings (SSSR count). The molecule has 64 heavy (non-hydrogen) atoms. The number of anilines is 6. The molecule has 0 saturated heterocycles. The van der Waals surface area contributed by atoms with Crippen molar-refractivity contribution in [2.24, 2.45) is 0 Å². The van der Waals surface area contributed by atoms with E-state index in [4.69, 9.17) is 0 Å². The molecule has 0 radical (unpaired) electrons. The Kier molecular flexibility index (Phi) is 9.22. The lowest BCUT2D eigenvalue weighted by atomic mass is 9.33. The van der Waals surface area contributed by atoms with Gasteiger partial charge in [0.05, 0.1) is 0 Å². The molecule has 3 heteroatoms. The van der Waals surface area contributed by atoms with E-state index in [0.717, 1.165) is 6.42 Å². The summed E-state index contributed by atoms with van der Waals surface area (Å²) in [7, 11) is 0. The first-order valence-electron chi connectivity index (χ1n) is 24.2. The van der Waals surface area contributed by atoms with Gasteiger partial charge in [0, 0.05) is 34.1 Å². The minimum absolute atomic E-state index is 0.0329. The Bertz CT molecular complexity index is 2910. The lowest BCUT2D eigenvalue weighted by Gasteiger charge is -2.48. The molecule has 0 spiro atoms. The van der Waals surface area contributed by atoms with E-state index in [0.29, 0.717) is 0 Å². The third kappa shape index (κ3) is 6.48. The summed E-state index contributed by atoms with van der Waals surface area (Å²) >= 11 is 0. The Balaban J connectivity index is 1.37. The van der Waals surface area contributed by atoms with Crippen molar-refractivity contribution in [2.45, 2.75) is 163 Å². The van der Waals surface area contributed by atoms with Gasteiger partial charge in [-0.15, -0.1) is 0 Å². The van der Waals surface area contributed by atoms with Crippen LogP contribution in [0.1, 0.15) is 161 Å². The number of aryl methyl sites for hydroxylation is 2. The van der Waals surface area contributed by atoms with E-state index in [-0.39, 0.29) is 39.2 Å². The molecule has 2 nitrogen and oxygen atoms in total. The molecule has 0 atom stereocenters. The predicted molar refractivity (Wildman–Crippen MR) is 279 cm³/mol. The van der Waals surface area contributed by atoms with Crippen LogP contribution in [0.3, 0.4) is 0 Å². The molecule has 328 valence electrons. The van der Waals surface area contributed by atoms with Crippen molar-refractivity contribution in [3.05, 3.63) is 148 Å². The van der Waals surface area contributed by atoms with Crippen LogP contribution >= 0.6 is 0 Å². The lowest BCUT2D eigenvalue weighted by Crippen LogP contribution is -2.62. The van der Waals surface area contributed by atoms with Gasteiger partial charge in [0.1, 0.15) is 0 Å². The molecular weight excluding hydrogens is 771 g/mol. The van der Waals surface area contributed by atoms with Gasteiger partial charge in [-0.2, -0.15) is 0 Å². The minimum Gasteiger partial charge on any atom is -0.311 e. The van der Waals surface area contributed by atoms with Crippen LogP contribution in [0.2, 0.25) is 0 Å². The van der Waals surface area contributed by atoms with E-state index in [9.17, 15) is 0 Å². The fourth-order valence-electron chi connectivity index (χ4n) is 12.5. The molecule has 6 aromatic carbocycles. The average molecular weight is 843 g/mol.